The summed E-state index contributed by atoms with van der Waals surface area (Å²) in [4.78, 5) is 4.18. The van der Waals surface area contributed by atoms with Gasteiger partial charge in [0, 0.05) is 11.9 Å². The van der Waals surface area contributed by atoms with E-state index in [1.165, 1.54) is 11.3 Å². The Morgan fingerprint density at radius 3 is 2.86 bits per heavy atom. The Labute approximate surface area is 85.6 Å². The van der Waals surface area contributed by atoms with Gasteiger partial charge in [-0.15, -0.1) is 21.5 Å². The standard InChI is InChI=1S/C8H11N5S/c1-3-13-5(2)11-12-7(13)6-4-14-8(9)10-6/h4H,3H2,1-2H3,(H2,9,10). The van der Waals surface area contributed by atoms with Gasteiger partial charge in [0.2, 0.25) is 0 Å². The van der Waals surface area contributed by atoms with E-state index in [0.29, 0.717) is 5.13 Å². The van der Waals surface area contributed by atoms with Crippen LogP contribution in [0.25, 0.3) is 11.5 Å². The van der Waals surface area contributed by atoms with Gasteiger partial charge in [0.15, 0.2) is 11.0 Å². The molecule has 2 aromatic heterocycles. The van der Waals surface area contributed by atoms with Crippen molar-refractivity contribution in [1.82, 2.24) is 19.7 Å². The molecular formula is C8H11N5S. The van der Waals surface area contributed by atoms with Crippen LogP contribution < -0.4 is 5.73 Å². The van der Waals surface area contributed by atoms with Gasteiger partial charge in [0.1, 0.15) is 11.5 Å². The molecule has 0 aliphatic heterocycles. The second-order valence-electron chi connectivity index (χ2n) is 2.89. The fourth-order valence-corrected chi connectivity index (χ4v) is 1.88. The number of nitrogens with two attached hydrogens (primary N) is 1. The highest BCUT2D eigenvalue weighted by Gasteiger charge is 2.11. The number of anilines is 1. The molecule has 2 rings (SSSR count). The summed E-state index contributed by atoms with van der Waals surface area (Å²) < 4.78 is 2.01. The van der Waals surface area contributed by atoms with Crippen LogP contribution in [-0.2, 0) is 6.54 Å². The minimum Gasteiger partial charge on any atom is -0.375 e. The van der Waals surface area contributed by atoms with Crippen LogP contribution in [0.1, 0.15) is 12.7 Å². The van der Waals surface area contributed by atoms with Crippen molar-refractivity contribution in [2.75, 3.05) is 5.73 Å². The zero-order chi connectivity index (χ0) is 10.1. The van der Waals surface area contributed by atoms with Gasteiger partial charge >= 0.3 is 0 Å². The van der Waals surface area contributed by atoms with Crippen molar-refractivity contribution >= 4 is 16.5 Å². The maximum Gasteiger partial charge on any atom is 0.183 e. The molecule has 2 aromatic rings. The molecule has 0 aromatic carbocycles. The van der Waals surface area contributed by atoms with Gasteiger partial charge in [-0.3, -0.25) is 0 Å². The molecule has 0 fully saturated rings. The zero-order valence-electron chi connectivity index (χ0n) is 8.06. The molecule has 0 aliphatic rings. The summed E-state index contributed by atoms with van der Waals surface area (Å²) in [5.41, 5.74) is 6.37. The van der Waals surface area contributed by atoms with Crippen molar-refractivity contribution < 1.29 is 0 Å². The minimum absolute atomic E-state index is 0.559. The molecule has 0 amide bonds. The number of rotatable bonds is 2. The van der Waals surface area contributed by atoms with Crippen molar-refractivity contribution in [2.45, 2.75) is 20.4 Å². The molecule has 2 heterocycles. The number of aromatic nitrogens is 4. The predicted octanol–water partition coefficient (Wildman–Crippen LogP) is 1.31. The van der Waals surface area contributed by atoms with Crippen LogP contribution in [0.15, 0.2) is 5.38 Å². The van der Waals surface area contributed by atoms with Crippen molar-refractivity contribution in [1.29, 1.82) is 0 Å². The first-order valence-corrected chi connectivity index (χ1v) is 5.21. The molecule has 0 saturated carbocycles. The van der Waals surface area contributed by atoms with Gasteiger partial charge in [0.05, 0.1) is 0 Å². The lowest BCUT2D eigenvalue weighted by atomic mass is 10.4. The summed E-state index contributed by atoms with van der Waals surface area (Å²) in [7, 11) is 0. The van der Waals surface area contributed by atoms with Crippen molar-refractivity contribution in [2.24, 2.45) is 0 Å². The number of hydrogen-bond donors (Lipinski definition) is 1. The van der Waals surface area contributed by atoms with E-state index in [2.05, 4.69) is 22.1 Å². The topological polar surface area (TPSA) is 69.6 Å². The summed E-state index contributed by atoms with van der Waals surface area (Å²) in [5.74, 6) is 1.69. The first-order chi connectivity index (χ1) is 6.72. The molecule has 0 unspecified atom stereocenters. The van der Waals surface area contributed by atoms with E-state index >= 15 is 0 Å². The van der Waals surface area contributed by atoms with Crippen LogP contribution in [0.3, 0.4) is 0 Å². The Kier molecular flexibility index (Phi) is 2.20. The van der Waals surface area contributed by atoms with Crippen LogP contribution >= 0.6 is 11.3 Å². The Balaban J connectivity index is 2.51. The maximum atomic E-state index is 5.56. The van der Waals surface area contributed by atoms with Crippen LogP contribution in [0.2, 0.25) is 0 Å². The van der Waals surface area contributed by atoms with Gasteiger partial charge in [-0.1, -0.05) is 0 Å². The highest BCUT2D eigenvalue weighted by atomic mass is 32.1. The molecule has 74 valence electrons. The SMILES string of the molecule is CCn1c(C)nnc1-c1csc(N)n1. The highest BCUT2D eigenvalue weighted by molar-refractivity contribution is 7.13. The molecule has 0 radical (unpaired) electrons. The van der Waals surface area contributed by atoms with Gasteiger partial charge in [0.25, 0.3) is 0 Å². The van der Waals surface area contributed by atoms with E-state index in [1.807, 2.05) is 16.9 Å². The lowest BCUT2D eigenvalue weighted by Crippen LogP contribution is -2.00. The summed E-state index contributed by atoms with van der Waals surface area (Å²) in [6.45, 7) is 4.82. The quantitative estimate of drug-likeness (QED) is 0.809. The molecule has 5 nitrogen and oxygen atoms in total. The molecule has 0 spiro atoms. The van der Waals surface area contributed by atoms with Crippen molar-refractivity contribution in [3.8, 4) is 11.5 Å². The smallest absolute Gasteiger partial charge is 0.183 e. The van der Waals surface area contributed by atoms with Crippen LogP contribution in [0.5, 0.6) is 0 Å². The summed E-state index contributed by atoms with van der Waals surface area (Å²) in [6.07, 6.45) is 0. The Morgan fingerprint density at radius 2 is 2.29 bits per heavy atom. The third kappa shape index (κ3) is 1.37. The van der Waals surface area contributed by atoms with Gasteiger partial charge in [-0.2, -0.15) is 0 Å². The lowest BCUT2D eigenvalue weighted by Gasteiger charge is -2.01. The second kappa shape index (κ2) is 3.38. The first kappa shape index (κ1) is 9.14. The molecule has 0 aliphatic carbocycles. The van der Waals surface area contributed by atoms with Crippen molar-refractivity contribution in [3.05, 3.63) is 11.2 Å². The fraction of sp³-hybridized carbons (Fsp3) is 0.375. The average Bonchev–Trinajstić information content (AvgIpc) is 2.71. The molecular weight excluding hydrogens is 198 g/mol. The van der Waals surface area contributed by atoms with E-state index in [9.17, 15) is 0 Å². The van der Waals surface area contributed by atoms with E-state index in [4.69, 9.17) is 5.73 Å². The third-order valence-electron chi connectivity index (χ3n) is 2.00. The Bertz CT molecular complexity index is 444. The van der Waals surface area contributed by atoms with E-state index in [0.717, 1.165) is 23.9 Å². The zero-order valence-corrected chi connectivity index (χ0v) is 8.88. The van der Waals surface area contributed by atoms with Gasteiger partial charge in [-0.05, 0) is 13.8 Å². The number of hydrogen-bond acceptors (Lipinski definition) is 5. The van der Waals surface area contributed by atoms with E-state index in [-0.39, 0.29) is 0 Å². The minimum atomic E-state index is 0.559. The maximum absolute atomic E-state index is 5.56. The molecule has 0 saturated heterocycles. The molecule has 0 atom stereocenters. The number of aryl methyl sites for hydroxylation is 1. The number of nitrogens with zero attached hydrogens (tertiary/aromatic N) is 4. The van der Waals surface area contributed by atoms with Crippen LogP contribution in [-0.4, -0.2) is 19.7 Å². The first-order valence-electron chi connectivity index (χ1n) is 4.33. The Morgan fingerprint density at radius 1 is 1.50 bits per heavy atom. The highest BCUT2D eigenvalue weighted by Crippen LogP contribution is 2.21. The second-order valence-corrected chi connectivity index (χ2v) is 3.78. The number of thiazole rings is 1. The van der Waals surface area contributed by atoms with Gasteiger partial charge in [-0.25, -0.2) is 4.98 Å². The van der Waals surface area contributed by atoms with Crippen molar-refractivity contribution in [3.63, 3.8) is 0 Å². The largest absolute Gasteiger partial charge is 0.375 e. The molecule has 14 heavy (non-hydrogen) atoms. The molecule has 2 N–H and O–H groups in total. The third-order valence-corrected chi connectivity index (χ3v) is 2.68. The van der Waals surface area contributed by atoms with Crippen LogP contribution in [0.4, 0.5) is 5.13 Å². The van der Waals surface area contributed by atoms with Crippen LogP contribution in [0, 0.1) is 6.92 Å². The molecule has 6 heteroatoms. The monoisotopic (exact) mass is 209 g/mol. The molecule has 0 bridgehead atoms. The van der Waals surface area contributed by atoms with Gasteiger partial charge < -0.3 is 10.3 Å². The predicted molar refractivity (Wildman–Crippen MR) is 56.0 cm³/mol. The average molecular weight is 209 g/mol. The summed E-state index contributed by atoms with van der Waals surface area (Å²) >= 11 is 1.41. The van der Waals surface area contributed by atoms with E-state index in [1.54, 1.807) is 0 Å². The normalized spacial score (nSPS) is 10.7. The summed E-state index contributed by atoms with van der Waals surface area (Å²) in [5, 5.41) is 10.5. The lowest BCUT2D eigenvalue weighted by molar-refractivity contribution is 0.735. The van der Waals surface area contributed by atoms with E-state index < -0.39 is 0 Å². The number of nitrogen functional groups attached to an aromatic ring is 1. The fourth-order valence-electron chi connectivity index (χ4n) is 1.34. The summed E-state index contributed by atoms with van der Waals surface area (Å²) in [6, 6.07) is 0. The Hall–Kier alpha value is -1.43.